The molecule has 0 aromatic heterocycles. The molecule has 0 saturated heterocycles. The van der Waals surface area contributed by atoms with Crippen LogP contribution in [0.25, 0.3) is 16.7 Å². The highest BCUT2D eigenvalue weighted by molar-refractivity contribution is 7.86. The standard InChI is InChI=1S/C34H38N2O9S2/c1-8-10-24(23(9-2)32(37)38)31-26-13-20(21(18-46(39,40)41)16-33(3,4)35-7)11-12-29(26)45-30-15-28-25(14-27(30)31)22(19-47(42,43)44)17-34(5,6)36-28/h8-17,35H,1,18-19H2,2-7H3,(H,37,38)(H,39,40,41)(H,42,43,44)/b21-16-,23-9+,24-10+. The smallest absolute Gasteiger partial charge is 0.335 e. The highest BCUT2D eigenvalue weighted by atomic mass is 32.2. The first-order chi connectivity index (χ1) is 21.7. The summed E-state index contributed by atoms with van der Waals surface area (Å²) in [5, 5.41) is 14.1. The second-order valence-corrected chi connectivity index (χ2v) is 15.3. The summed E-state index contributed by atoms with van der Waals surface area (Å²) in [5.74, 6) is -1.95. The largest absolute Gasteiger partial charge is 0.478 e. The van der Waals surface area contributed by atoms with E-state index in [9.17, 15) is 35.8 Å². The van der Waals surface area contributed by atoms with E-state index in [-0.39, 0.29) is 16.7 Å². The Bertz CT molecular complexity index is 2150. The van der Waals surface area contributed by atoms with Crippen LogP contribution in [0.4, 0.5) is 0 Å². The van der Waals surface area contributed by atoms with Crippen molar-refractivity contribution in [3.63, 3.8) is 0 Å². The number of likely N-dealkylation sites (N-methyl/N-ethyl adjacent to an activating group) is 1. The molecule has 2 heterocycles. The van der Waals surface area contributed by atoms with E-state index in [0.717, 1.165) is 0 Å². The molecule has 2 aromatic rings. The molecule has 0 saturated carbocycles. The number of fused-ring (bicyclic) bond motifs is 3. The second kappa shape index (κ2) is 12.8. The molecule has 0 aliphatic carbocycles. The molecule has 4 rings (SSSR count). The number of carboxylic acid groups (broad SMARTS) is 1. The first-order valence-electron chi connectivity index (χ1n) is 14.5. The number of carboxylic acids is 1. The first kappa shape index (κ1) is 35.7. The number of nitrogens with one attached hydrogen (secondary N) is 1. The Morgan fingerprint density at radius 3 is 2.30 bits per heavy atom. The second-order valence-electron chi connectivity index (χ2n) is 12.4. The predicted octanol–water partition coefficient (Wildman–Crippen LogP) is 4.09. The number of hydrogen-bond acceptors (Lipinski definition) is 8. The van der Waals surface area contributed by atoms with Crippen LogP contribution >= 0.6 is 0 Å². The lowest BCUT2D eigenvalue weighted by atomic mass is 9.85. The van der Waals surface area contributed by atoms with Gasteiger partial charge in [0.15, 0.2) is 0 Å². The van der Waals surface area contributed by atoms with E-state index < -0.39 is 48.8 Å². The van der Waals surface area contributed by atoms with Crippen LogP contribution in [0.5, 0.6) is 11.5 Å². The third-order valence-corrected chi connectivity index (χ3v) is 9.06. The van der Waals surface area contributed by atoms with E-state index in [1.165, 1.54) is 18.2 Å². The van der Waals surface area contributed by atoms with E-state index in [2.05, 4.69) is 11.9 Å². The Kier molecular flexibility index (Phi) is 9.73. The minimum absolute atomic E-state index is 0.0636. The molecule has 13 heteroatoms. The Hall–Kier alpha value is -4.14. The summed E-state index contributed by atoms with van der Waals surface area (Å²) >= 11 is 0. The summed E-state index contributed by atoms with van der Waals surface area (Å²) in [6.07, 6.45) is 7.73. The van der Waals surface area contributed by atoms with Gasteiger partial charge in [0.2, 0.25) is 0 Å². The minimum Gasteiger partial charge on any atom is -0.478 e. The van der Waals surface area contributed by atoms with Gasteiger partial charge in [0.25, 0.3) is 20.2 Å². The van der Waals surface area contributed by atoms with Crippen molar-refractivity contribution < 1.29 is 40.6 Å². The van der Waals surface area contributed by atoms with Gasteiger partial charge in [0.05, 0.1) is 16.5 Å². The number of benzene rings is 2. The highest BCUT2D eigenvalue weighted by Crippen LogP contribution is 2.41. The Morgan fingerprint density at radius 2 is 1.74 bits per heavy atom. The number of hydrogen-bond donors (Lipinski definition) is 4. The van der Waals surface area contributed by atoms with Gasteiger partial charge < -0.3 is 15.2 Å². The van der Waals surface area contributed by atoms with Crippen LogP contribution in [0.2, 0.25) is 0 Å². The molecule has 47 heavy (non-hydrogen) atoms. The maximum Gasteiger partial charge on any atom is 0.335 e. The molecule has 0 fully saturated rings. The fourth-order valence-corrected chi connectivity index (χ4v) is 6.94. The molecule has 0 atom stereocenters. The third kappa shape index (κ3) is 8.24. The van der Waals surface area contributed by atoms with Crippen LogP contribution in [0.15, 0.2) is 83.4 Å². The number of ether oxygens (including phenoxy) is 1. The number of rotatable bonds is 11. The first-order valence-corrected chi connectivity index (χ1v) is 17.8. The lowest BCUT2D eigenvalue weighted by molar-refractivity contribution is -0.132. The van der Waals surface area contributed by atoms with Crippen LogP contribution in [0, 0.1) is 0 Å². The van der Waals surface area contributed by atoms with Crippen LogP contribution in [-0.4, -0.2) is 66.6 Å². The molecule has 4 N–H and O–H groups in total. The summed E-state index contributed by atoms with van der Waals surface area (Å²) in [7, 11) is -7.19. The van der Waals surface area contributed by atoms with Gasteiger partial charge in [0.1, 0.15) is 23.0 Å². The number of carbonyl (C=O) groups is 1. The average molecular weight is 683 g/mol. The zero-order valence-electron chi connectivity index (χ0n) is 26.9. The molecule has 11 nitrogen and oxygen atoms in total. The number of nitrogens with zero attached hydrogens (tertiary/aromatic N) is 1. The summed E-state index contributed by atoms with van der Waals surface area (Å²) in [4.78, 5) is 17.3. The van der Waals surface area contributed by atoms with Gasteiger partial charge in [0, 0.05) is 33.5 Å². The lowest BCUT2D eigenvalue weighted by Crippen LogP contribution is -2.34. The SMILES string of the molecule is C=C/C=C(C1=c2cc3c(cc2Oc2ccc(/C(=C\C(C)(C)NC)CS(=O)(=O)O)cc21)=NC(C)(C)C=C3CS(=O)(=O)O)\C(=C/C)C(=O)O. The maximum atomic E-state index is 12.5. The van der Waals surface area contributed by atoms with Crippen molar-refractivity contribution in [1.29, 1.82) is 0 Å². The molecule has 0 spiro atoms. The zero-order valence-corrected chi connectivity index (χ0v) is 28.6. The molecular formula is C34H38N2O9S2. The summed E-state index contributed by atoms with van der Waals surface area (Å²) in [5.41, 5.74) is 0.907. The molecule has 0 unspecified atom stereocenters. The van der Waals surface area contributed by atoms with Gasteiger partial charge in [-0.05, 0) is 82.1 Å². The maximum absolute atomic E-state index is 12.5. The van der Waals surface area contributed by atoms with Crippen LogP contribution in [0.1, 0.15) is 51.3 Å². The molecule has 2 aromatic carbocycles. The van der Waals surface area contributed by atoms with Crippen molar-refractivity contribution in [2.24, 2.45) is 4.99 Å². The molecule has 2 aliphatic heterocycles. The van der Waals surface area contributed by atoms with E-state index in [1.54, 1.807) is 70.3 Å². The number of allylic oxidation sites excluding steroid dienone is 3. The zero-order chi connectivity index (χ0) is 35.1. The third-order valence-electron chi connectivity index (χ3n) is 7.71. The molecule has 0 bridgehead atoms. The summed E-state index contributed by atoms with van der Waals surface area (Å²) < 4.78 is 74.3. The molecule has 250 valence electrons. The lowest BCUT2D eigenvalue weighted by Gasteiger charge is -2.27. The highest BCUT2D eigenvalue weighted by Gasteiger charge is 2.30. The summed E-state index contributed by atoms with van der Waals surface area (Å²) in [6.45, 7) is 12.6. The molecular weight excluding hydrogens is 645 g/mol. The van der Waals surface area contributed by atoms with E-state index >= 15 is 0 Å². The average Bonchev–Trinajstić information content (AvgIpc) is 2.92. The van der Waals surface area contributed by atoms with E-state index in [0.29, 0.717) is 49.9 Å². The summed E-state index contributed by atoms with van der Waals surface area (Å²) in [6, 6.07) is 8.22. The normalized spacial score (nSPS) is 16.6. The van der Waals surface area contributed by atoms with Gasteiger partial charge in [-0.1, -0.05) is 43.0 Å². The minimum atomic E-state index is -4.46. The Morgan fingerprint density at radius 1 is 1.06 bits per heavy atom. The van der Waals surface area contributed by atoms with Gasteiger partial charge in [-0.2, -0.15) is 16.8 Å². The molecule has 0 amide bonds. The van der Waals surface area contributed by atoms with Gasteiger partial charge in [-0.15, -0.1) is 0 Å². The van der Waals surface area contributed by atoms with Crippen molar-refractivity contribution in [1.82, 2.24) is 5.32 Å². The topological polar surface area (TPSA) is 180 Å². The van der Waals surface area contributed by atoms with E-state index in [4.69, 9.17) is 9.73 Å². The van der Waals surface area contributed by atoms with Crippen molar-refractivity contribution in [3.05, 3.63) is 106 Å². The van der Waals surface area contributed by atoms with E-state index in [1.807, 2.05) is 13.8 Å². The van der Waals surface area contributed by atoms with Crippen molar-refractivity contribution in [2.75, 3.05) is 18.6 Å². The molecule has 2 aliphatic rings. The predicted molar refractivity (Wildman–Crippen MR) is 182 cm³/mol. The van der Waals surface area contributed by atoms with Crippen LogP contribution in [0.3, 0.4) is 0 Å². The van der Waals surface area contributed by atoms with Crippen molar-refractivity contribution >= 4 is 42.9 Å². The fourth-order valence-electron chi connectivity index (χ4n) is 5.66. The van der Waals surface area contributed by atoms with Crippen LogP contribution in [-0.2, 0) is 25.0 Å². The number of aliphatic carboxylic acids is 1. The quantitative estimate of drug-likeness (QED) is 0.153. The van der Waals surface area contributed by atoms with Gasteiger partial charge in [-0.3, -0.25) is 14.1 Å². The van der Waals surface area contributed by atoms with Gasteiger partial charge in [-0.25, -0.2) is 4.79 Å². The fraction of sp³-hybridized carbons (Fsp3) is 0.294. The molecule has 0 radical (unpaired) electrons. The van der Waals surface area contributed by atoms with Crippen LogP contribution < -0.4 is 20.6 Å². The monoisotopic (exact) mass is 682 g/mol. The van der Waals surface area contributed by atoms with Gasteiger partial charge >= 0.3 is 5.97 Å². The van der Waals surface area contributed by atoms with Crippen molar-refractivity contribution in [2.45, 2.75) is 45.7 Å². The van der Waals surface area contributed by atoms with Crippen molar-refractivity contribution in [3.8, 4) is 11.5 Å². The Balaban J connectivity index is 2.19. The Labute approximate surface area is 274 Å².